The van der Waals surface area contributed by atoms with Crippen molar-refractivity contribution < 1.29 is 14.7 Å². The first kappa shape index (κ1) is 21.8. The highest BCUT2D eigenvalue weighted by molar-refractivity contribution is 6.09. The van der Waals surface area contributed by atoms with Gasteiger partial charge in [-0.25, -0.2) is 0 Å². The lowest BCUT2D eigenvalue weighted by Crippen LogP contribution is -2.51. The molecule has 4 nitrogen and oxygen atoms in total. The Balaban J connectivity index is 1.57. The molecule has 0 radical (unpaired) electrons. The molecule has 0 aromatic heterocycles. The fourth-order valence-electron chi connectivity index (χ4n) is 5.77. The maximum absolute atomic E-state index is 13.9. The highest BCUT2D eigenvalue weighted by atomic mass is 16.3. The van der Waals surface area contributed by atoms with Crippen LogP contribution < -0.4 is 4.90 Å². The number of benzene rings is 3. The van der Waals surface area contributed by atoms with Crippen LogP contribution in [0.1, 0.15) is 51.2 Å². The number of nitrogens with zero attached hydrogens (tertiary/aromatic N) is 1. The van der Waals surface area contributed by atoms with Crippen molar-refractivity contribution in [1.29, 1.82) is 0 Å². The van der Waals surface area contributed by atoms with E-state index in [0.717, 1.165) is 22.8 Å². The second-order valence-electron chi connectivity index (χ2n) is 10.7. The second-order valence-corrected chi connectivity index (χ2v) is 10.7. The predicted molar refractivity (Wildman–Crippen MR) is 131 cm³/mol. The molecule has 4 heteroatoms. The number of amides is 1. The summed E-state index contributed by atoms with van der Waals surface area (Å²) in [6, 6.07) is 21.6. The van der Waals surface area contributed by atoms with Crippen LogP contribution >= 0.6 is 0 Å². The van der Waals surface area contributed by atoms with E-state index in [1.165, 1.54) is 0 Å². The summed E-state index contributed by atoms with van der Waals surface area (Å²) in [5.41, 5.74) is 0.469. The van der Waals surface area contributed by atoms with Gasteiger partial charge in [-0.15, -0.1) is 0 Å². The number of hydrogen-bond donors (Lipinski definition) is 1. The highest BCUT2D eigenvalue weighted by Gasteiger charge is 2.58. The van der Waals surface area contributed by atoms with Gasteiger partial charge in [0.25, 0.3) is 5.91 Å². The third kappa shape index (κ3) is 3.48. The molecule has 3 aromatic carbocycles. The first-order valence-electron chi connectivity index (χ1n) is 11.8. The summed E-state index contributed by atoms with van der Waals surface area (Å²) in [6.45, 7) is 6.87. The Kier molecular flexibility index (Phi) is 5.17. The molecular weight excluding hydrogens is 410 g/mol. The molecule has 0 saturated heterocycles. The Labute approximate surface area is 195 Å². The van der Waals surface area contributed by atoms with E-state index in [-0.39, 0.29) is 23.0 Å². The van der Waals surface area contributed by atoms with Crippen LogP contribution in [0.4, 0.5) is 5.69 Å². The Morgan fingerprint density at radius 1 is 0.970 bits per heavy atom. The van der Waals surface area contributed by atoms with Gasteiger partial charge in [-0.3, -0.25) is 9.59 Å². The largest absolute Gasteiger partial charge is 0.375 e. The van der Waals surface area contributed by atoms with Crippen molar-refractivity contribution in [1.82, 2.24) is 0 Å². The summed E-state index contributed by atoms with van der Waals surface area (Å²) in [6.07, 6.45) is 1.75. The number of anilines is 1. The molecule has 170 valence electrons. The summed E-state index contributed by atoms with van der Waals surface area (Å²) in [7, 11) is 0. The summed E-state index contributed by atoms with van der Waals surface area (Å²) >= 11 is 0. The first-order chi connectivity index (χ1) is 15.7. The van der Waals surface area contributed by atoms with Gasteiger partial charge in [0.2, 0.25) is 0 Å². The molecule has 1 saturated carbocycles. The Hall–Kier alpha value is -2.98. The van der Waals surface area contributed by atoms with E-state index in [1.54, 1.807) is 4.90 Å². The van der Waals surface area contributed by atoms with Gasteiger partial charge in [-0.05, 0) is 46.6 Å². The van der Waals surface area contributed by atoms with Gasteiger partial charge >= 0.3 is 0 Å². The zero-order chi connectivity index (χ0) is 23.4. The fraction of sp³-hybridized carbons (Fsp3) is 0.379. The van der Waals surface area contributed by atoms with E-state index in [2.05, 4.69) is 39.0 Å². The van der Waals surface area contributed by atoms with Gasteiger partial charge in [-0.2, -0.15) is 0 Å². The molecule has 0 bridgehead atoms. The number of carbonyl (C=O) groups excluding carboxylic acids is 2. The summed E-state index contributed by atoms with van der Waals surface area (Å²) in [5.74, 6) is -0.837. The maximum atomic E-state index is 13.9. The van der Waals surface area contributed by atoms with Crippen molar-refractivity contribution in [2.24, 2.45) is 17.3 Å². The van der Waals surface area contributed by atoms with Crippen LogP contribution in [0.15, 0.2) is 66.7 Å². The molecule has 1 aliphatic heterocycles. The molecular formula is C29H31NO3. The van der Waals surface area contributed by atoms with Crippen molar-refractivity contribution >= 4 is 28.2 Å². The lowest BCUT2D eigenvalue weighted by Gasteiger charge is -2.41. The van der Waals surface area contributed by atoms with Gasteiger partial charge in [0.1, 0.15) is 5.78 Å². The number of ketones is 1. The smallest absolute Gasteiger partial charge is 0.264 e. The normalized spacial score (nSPS) is 25.5. The highest BCUT2D eigenvalue weighted by Crippen LogP contribution is 2.51. The van der Waals surface area contributed by atoms with Crippen molar-refractivity contribution in [2.75, 3.05) is 4.90 Å². The quantitative estimate of drug-likeness (QED) is 0.575. The molecule has 1 N–H and O–H groups in total. The number of aliphatic hydroxyl groups is 1. The lowest BCUT2D eigenvalue weighted by atomic mass is 9.63. The van der Waals surface area contributed by atoms with E-state index in [0.29, 0.717) is 30.6 Å². The van der Waals surface area contributed by atoms with Gasteiger partial charge in [0.15, 0.2) is 5.60 Å². The molecule has 33 heavy (non-hydrogen) atoms. The number of Topliss-reactive ketones (excluding diaryl/α,β-unsaturated/α-hetero) is 1. The summed E-state index contributed by atoms with van der Waals surface area (Å²) in [4.78, 5) is 28.7. The minimum atomic E-state index is -1.82. The van der Waals surface area contributed by atoms with Crippen LogP contribution in [0.2, 0.25) is 0 Å². The maximum Gasteiger partial charge on any atom is 0.264 e. The molecule has 1 aliphatic carbocycles. The van der Waals surface area contributed by atoms with Gasteiger partial charge in [-0.1, -0.05) is 81.4 Å². The zero-order valence-corrected chi connectivity index (χ0v) is 19.5. The SMILES string of the molecule is CC(C)(C)C1CCC(=O)C(C2(O)C(=O)N(Cc3cccc4ccccc34)c3ccccc32)C1. The molecule has 1 fully saturated rings. The van der Waals surface area contributed by atoms with Gasteiger partial charge in [0.05, 0.1) is 18.2 Å². The minimum absolute atomic E-state index is 0.00633. The van der Waals surface area contributed by atoms with E-state index in [4.69, 9.17) is 0 Å². The fourth-order valence-corrected chi connectivity index (χ4v) is 5.77. The standard InChI is InChI=1S/C29H31NO3/c1-28(2,3)21-15-16-26(31)24(17-21)29(33)23-13-6-7-14-25(23)30(27(29)32)18-20-11-8-10-19-9-4-5-12-22(19)20/h4-14,21,24,33H,15-18H2,1-3H3. The van der Waals surface area contributed by atoms with Crippen molar-refractivity contribution in [2.45, 2.75) is 52.2 Å². The minimum Gasteiger partial charge on any atom is -0.375 e. The van der Waals surface area contributed by atoms with E-state index >= 15 is 0 Å². The average molecular weight is 442 g/mol. The van der Waals surface area contributed by atoms with Crippen LogP contribution in [0.3, 0.4) is 0 Å². The Morgan fingerprint density at radius 2 is 1.67 bits per heavy atom. The third-order valence-corrected chi connectivity index (χ3v) is 7.76. The number of rotatable bonds is 3. The zero-order valence-electron chi connectivity index (χ0n) is 19.5. The second kappa shape index (κ2) is 7.81. The topological polar surface area (TPSA) is 57.6 Å². The van der Waals surface area contributed by atoms with Crippen molar-refractivity contribution in [3.63, 3.8) is 0 Å². The van der Waals surface area contributed by atoms with Crippen LogP contribution in [0.25, 0.3) is 10.8 Å². The van der Waals surface area contributed by atoms with Crippen molar-refractivity contribution in [3.8, 4) is 0 Å². The van der Waals surface area contributed by atoms with E-state index in [1.807, 2.05) is 48.5 Å². The number of carbonyl (C=O) groups is 2. The van der Waals surface area contributed by atoms with Crippen LogP contribution in [-0.4, -0.2) is 16.8 Å². The molecule has 3 aromatic rings. The van der Waals surface area contributed by atoms with Crippen LogP contribution in [0.5, 0.6) is 0 Å². The summed E-state index contributed by atoms with van der Waals surface area (Å²) in [5, 5.41) is 14.2. The molecule has 1 amide bonds. The number of para-hydroxylation sites is 1. The Bertz CT molecular complexity index is 1240. The van der Waals surface area contributed by atoms with Gasteiger partial charge < -0.3 is 10.0 Å². The molecule has 3 atom stereocenters. The average Bonchev–Trinajstić information content (AvgIpc) is 3.01. The number of fused-ring (bicyclic) bond motifs is 2. The van der Waals surface area contributed by atoms with E-state index in [9.17, 15) is 14.7 Å². The molecule has 0 spiro atoms. The molecule has 2 aliphatic rings. The first-order valence-corrected chi connectivity index (χ1v) is 11.8. The Morgan fingerprint density at radius 3 is 2.45 bits per heavy atom. The molecule has 3 unspecified atom stereocenters. The van der Waals surface area contributed by atoms with E-state index < -0.39 is 11.5 Å². The predicted octanol–water partition coefficient (Wildman–Crippen LogP) is 5.61. The third-order valence-electron chi connectivity index (χ3n) is 7.76. The summed E-state index contributed by atoms with van der Waals surface area (Å²) < 4.78 is 0. The van der Waals surface area contributed by atoms with Gasteiger partial charge in [0, 0.05) is 12.0 Å². The monoisotopic (exact) mass is 441 g/mol. The van der Waals surface area contributed by atoms with Crippen LogP contribution in [0, 0.1) is 17.3 Å². The van der Waals surface area contributed by atoms with Crippen LogP contribution in [-0.2, 0) is 21.7 Å². The molecule has 1 heterocycles. The molecule has 5 rings (SSSR count). The number of hydrogen-bond acceptors (Lipinski definition) is 3. The lowest BCUT2D eigenvalue weighted by molar-refractivity contribution is -0.154. The van der Waals surface area contributed by atoms with Crippen molar-refractivity contribution in [3.05, 3.63) is 77.9 Å².